The van der Waals surface area contributed by atoms with E-state index in [1.807, 2.05) is 15.9 Å². The Bertz CT molecular complexity index is 2260. The molecule has 2 aromatic heterocycles. The molecule has 0 radical (unpaired) electrons. The third-order valence-electron chi connectivity index (χ3n) is 12.0. The molecule has 10 nitrogen and oxygen atoms in total. The lowest BCUT2D eigenvalue weighted by Gasteiger charge is -2.32. The number of halogens is 6. The molecule has 6 heterocycles. The summed E-state index contributed by atoms with van der Waals surface area (Å²) in [5.41, 5.74) is 1.98. The Morgan fingerprint density at radius 3 is 2.63 bits per heavy atom. The molecule has 4 atom stereocenters. The van der Waals surface area contributed by atoms with Crippen LogP contribution in [0.25, 0.3) is 32.1 Å². The van der Waals surface area contributed by atoms with Crippen LogP contribution in [-0.4, -0.2) is 99.9 Å². The van der Waals surface area contributed by atoms with Crippen LogP contribution in [0.3, 0.4) is 0 Å². The number of benzene rings is 2. The molecule has 1 saturated carbocycles. The Hall–Kier alpha value is -4.56. The summed E-state index contributed by atoms with van der Waals surface area (Å²) in [6.07, 6.45) is -1.97. The van der Waals surface area contributed by atoms with Gasteiger partial charge in [0.25, 0.3) is 0 Å². The average Bonchev–Trinajstić information content (AvgIpc) is 3.33. The average molecular weight is 771 g/mol. The van der Waals surface area contributed by atoms with Crippen molar-refractivity contribution in [2.75, 3.05) is 50.0 Å². The number of rotatable bonds is 8. The molecule has 54 heavy (non-hydrogen) atoms. The number of thiophene rings is 1. The fraction of sp³-hybridized carbons (Fsp3) is 0.514. The van der Waals surface area contributed by atoms with Gasteiger partial charge in [-0.3, -0.25) is 4.90 Å². The van der Waals surface area contributed by atoms with Gasteiger partial charge in [-0.1, -0.05) is 6.07 Å². The molecule has 9 rings (SSSR count). The van der Waals surface area contributed by atoms with Crippen molar-refractivity contribution in [1.82, 2.24) is 24.7 Å². The Morgan fingerprint density at radius 1 is 1.15 bits per heavy atom. The van der Waals surface area contributed by atoms with Gasteiger partial charge in [0.1, 0.15) is 41.0 Å². The van der Waals surface area contributed by atoms with Crippen molar-refractivity contribution in [3.63, 3.8) is 0 Å². The van der Waals surface area contributed by atoms with Crippen molar-refractivity contribution in [1.29, 1.82) is 5.26 Å². The quantitative estimate of drug-likeness (QED) is 0.189. The van der Waals surface area contributed by atoms with Crippen LogP contribution in [0.1, 0.15) is 56.6 Å². The van der Waals surface area contributed by atoms with Gasteiger partial charge in [0.2, 0.25) is 0 Å². The van der Waals surface area contributed by atoms with Crippen LogP contribution in [0, 0.1) is 23.0 Å². The van der Waals surface area contributed by atoms with Gasteiger partial charge in [0, 0.05) is 55.0 Å². The Labute approximate surface area is 310 Å². The van der Waals surface area contributed by atoms with Gasteiger partial charge in [-0.15, -0.1) is 11.3 Å². The molecule has 284 valence electrons. The summed E-state index contributed by atoms with van der Waals surface area (Å²) in [5.74, 6) is -2.18. The molecular weight excluding hydrogens is 735 g/mol. The smallest absolute Gasteiger partial charge is 0.417 e. The van der Waals surface area contributed by atoms with E-state index in [0.29, 0.717) is 43.8 Å². The van der Waals surface area contributed by atoms with Crippen molar-refractivity contribution in [3.05, 3.63) is 41.0 Å². The Balaban J connectivity index is 1.21. The molecule has 4 saturated heterocycles. The molecule has 5 aliphatic rings. The highest BCUT2D eigenvalue weighted by atomic mass is 32.1. The first-order valence-corrected chi connectivity index (χ1v) is 19.0. The molecule has 1 aliphatic carbocycles. The number of urea groups is 1. The summed E-state index contributed by atoms with van der Waals surface area (Å²) in [4.78, 5) is 29.8. The molecule has 0 bridgehead atoms. The maximum Gasteiger partial charge on any atom is 0.417 e. The minimum atomic E-state index is -5.12. The highest BCUT2D eigenvalue weighted by molar-refractivity contribution is 7.23. The summed E-state index contributed by atoms with van der Waals surface area (Å²) in [6.45, 7) is 3.86. The number of nitriles is 1. The SMILES string of the molecule is CCN(c1nc(OCC23CCCN2CC(F)C3)nc2c(F)c(-c3ccc(F)c4sc(N)c(C#N)c34)c(C(F)(F)F)cc12)C1CC2CN(C3CC3)C(=O)N2C1. The predicted octanol–water partition coefficient (Wildman–Crippen LogP) is 7.08. The van der Waals surface area contributed by atoms with Crippen LogP contribution in [0.5, 0.6) is 6.01 Å². The van der Waals surface area contributed by atoms with E-state index in [-0.39, 0.29) is 93.7 Å². The molecule has 4 aliphatic heterocycles. The van der Waals surface area contributed by atoms with E-state index in [1.54, 1.807) is 16.7 Å². The lowest BCUT2D eigenvalue weighted by Crippen LogP contribution is -2.43. The zero-order chi connectivity index (χ0) is 37.8. The third kappa shape index (κ3) is 5.42. The third-order valence-corrected chi connectivity index (χ3v) is 13.0. The fourth-order valence-electron chi connectivity index (χ4n) is 9.39. The number of hydrogen-bond donors (Lipinski definition) is 1. The first-order chi connectivity index (χ1) is 25.8. The topological polar surface area (TPSA) is 115 Å². The van der Waals surface area contributed by atoms with Crippen LogP contribution in [0.2, 0.25) is 0 Å². The maximum atomic E-state index is 17.3. The van der Waals surface area contributed by atoms with Crippen LogP contribution in [-0.2, 0) is 6.18 Å². The number of ether oxygens (including phenoxy) is 1. The monoisotopic (exact) mass is 770 g/mol. The van der Waals surface area contributed by atoms with Gasteiger partial charge in [0.05, 0.1) is 33.4 Å². The predicted molar refractivity (Wildman–Crippen MR) is 190 cm³/mol. The normalized spacial score (nSPS) is 25.6. The van der Waals surface area contributed by atoms with Gasteiger partial charge in [-0.05, 0) is 63.3 Å². The molecular formula is C37H36F6N8O2S. The first-order valence-electron chi connectivity index (χ1n) is 18.2. The molecule has 4 aromatic rings. The van der Waals surface area contributed by atoms with Crippen molar-refractivity contribution in [2.24, 2.45) is 0 Å². The van der Waals surface area contributed by atoms with Crippen molar-refractivity contribution in [3.8, 4) is 23.2 Å². The number of likely N-dealkylation sites (N-methyl/N-ethyl adjacent to an activating group) is 1. The molecule has 2 amide bonds. The van der Waals surface area contributed by atoms with Gasteiger partial charge in [-0.25, -0.2) is 18.0 Å². The summed E-state index contributed by atoms with van der Waals surface area (Å²) in [6, 6.07) is 4.00. The molecule has 5 fully saturated rings. The van der Waals surface area contributed by atoms with E-state index in [1.165, 1.54) is 0 Å². The number of carbonyl (C=O) groups is 1. The van der Waals surface area contributed by atoms with Gasteiger partial charge < -0.3 is 25.2 Å². The second-order valence-corrected chi connectivity index (χ2v) is 16.2. The number of nitrogens with two attached hydrogens (primary N) is 1. The Kier molecular flexibility index (Phi) is 8.13. The van der Waals surface area contributed by atoms with E-state index < -0.39 is 46.2 Å². The van der Waals surface area contributed by atoms with E-state index in [9.17, 15) is 14.4 Å². The zero-order valence-corrected chi connectivity index (χ0v) is 30.0. The molecule has 2 aromatic carbocycles. The van der Waals surface area contributed by atoms with Gasteiger partial charge in [-0.2, -0.15) is 28.4 Å². The van der Waals surface area contributed by atoms with Crippen molar-refractivity contribution in [2.45, 2.75) is 81.5 Å². The minimum absolute atomic E-state index is 0.00318. The molecule has 4 unspecified atom stereocenters. The van der Waals surface area contributed by atoms with E-state index in [4.69, 9.17) is 10.5 Å². The summed E-state index contributed by atoms with van der Waals surface area (Å²) in [5, 5.41) is 9.31. The maximum absolute atomic E-state index is 17.3. The van der Waals surface area contributed by atoms with Crippen LogP contribution >= 0.6 is 11.3 Å². The summed E-state index contributed by atoms with van der Waals surface area (Å²) < 4.78 is 98.5. The van der Waals surface area contributed by atoms with Crippen LogP contribution < -0.4 is 15.4 Å². The number of hydrogen-bond acceptors (Lipinski definition) is 9. The largest absolute Gasteiger partial charge is 0.461 e. The lowest BCUT2D eigenvalue weighted by atomic mass is 9.92. The second-order valence-electron chi connectivity index (χ2n) is 15.1. The lowest BCUT2D eigenvalue weighted by molar-refractivity contribution is -0.137. The second kappa shape index (κ2) is 12.5. The van der Waals surface area contributed by atoms with Gasteiger partial charge >= 0.3 is 18.2 Å². The van der Waals surface area contributed by atoms with Crippen molar-refractivity contribution >= 4 is 49.2 Å². The summed E-state index contributed by atoms with van der Waals surface area (Å²) in [7, 11) is 0. The number of nitrogens with zero attached hydrogens (tertiary/aromatic N) is 7. The number of carbonyl (C=O) groups excluding carboxylic acids is 1. The summed E-state index contributed by atoms with van der Waals surface area (Å²) >= 11 is 0.688. The molecule has 0 spiro atoms. The zero-order valence-electron chi connectivity index (χ0n) is 29.2. The number of amides is 2. The van der Waals surface area contributed by atoms with Gasteiger partial charge in [0.15, 0.2) is 5.82 Å². The number of alkyl halides is 4. The molecule has 17 heteroatoms. The standard InChI is InChI=1S/C37H36F6N8O2S/c1-2-49(20-10-21-16-50(19-4-5-19)35(52)51(21)15-20)33-23-11-25(37(41,42)43)28(22-6-7-26(39)31-27(22)24(13-44)32(45)54-31)29(40)30(23)46-34(47-33)53-17-36-8-3-9-48(36)14-18(38)12-36/h6-7,11,18-21H,2-5,8-10,12,14-17,45H2,1H3. The van der Waals surface area contributed by atoms with E-state index in [2.05, 4.69) is 9.97 Å². The number of nitrogen functional groups attached to an aromatic ring is 1. The number of fused-ring (bicyclic) bond motifs is 4. The van der Waals surface area contributed by atoms with Crippen LogP contribution in [0.4, 0.5) is 42.0 Å². The fourth-order valence-corrected chi connectivity index (χ4v) is 10.3. The van der Waals surface area contributed by atoms with Crippen molar-refractivity contribution < 1.29 is 35.9 Å². The minimum Gasteiger partial charge on any atom is -0.461 e. The van der Waals surface area contributed by atoms with E-state index >= 15 is 22.0 Å². The van der Waals surface area contributed by atoms with Crippen LogP contribution in [0.15, 0.2) is 18.2 Å². The number of aromatic nitrogens is 2. The Morgan fingerprint density at radius 2 is 1.93 bits per heavy atom. The first kappa shape index (κ1) is 35.2. The number of anilines is 2. The highest BCUT2D eigenvalue weighted by Crippen LogP contribution is 2.49. The highest BCUT2D eigenvalue weighted by Gasteiger charge is 2.51. The molecule has 2 N–H and O–H groups in total. The van der Waals surface area contributed by atoms with E-state index in [0.717, 1.165) is 37.5 Å².